The molecule has 0 saturated heterocycles. The van der Waals surface area contributed by atoms with Crippen molar-refractivity contribution in [1.82, 2.24) is 0 Å². The molecule has 0 bridgehead atoms. The zero-order chi connectivity index (χ0) is 11.8. The lowest BCUT2D eigenvalue weighted by Gasteiger charge is -2.48. The highest BCUT2D eigenvalue weighted by atomic mass is 16.4. The quantitative estimate of drug-likeness (QED) is 0.761. The summed E-state index contributed by atoms with van der Waals surface area (Å²) in [6.45, 7) is 10.8. The Morgan fingerprint density at radius 3 is 2.40 bits per heavy atom. The molecule has 0 aromatic carbocycles. The first kappa shape index (κ1) is 12.5. The molecule has 4 unspecified atom stereocenters. The van der Waals surface area contributed by atoms with Crippen molar-refractivity contribution in [2.45, 2.75) is 47.5 Å². The highest BCUT2D eigenvalue weighted by Crippen LogP contribution is 2.49. The van der Waals surface area contributed by atoms with E-state index in [-0.39, 0.29) is 11.3 Å². The van der Waals surface area contributed by atoms with Crippen molar-refractivity contribution in [3.8, 4) is 0 Å². The van der Waals surface area contributed by atoms with Crippen LogP contribution in [0.25, 0.3) is 0 Å². The van der Waals surface area contributed by atoms with Crippen molar-refractivity contribution in [2.24, 2.45) is 29.1 Å². The Kier molecular flexibility index (Phi) is 3.47. The van der Waals surface area contributed by atoms with E-state index in [2.05, 4.69) is 27.7 Å². The van der Waals surface area contributed by atoms with Crippen LogP contribution in [0.2, 0.25) is 0 Å². The minimum absolute atomic E-state index is 0.170. The fraction of sp³-hybridized carbons (Fsp3) is 0.923. The van der Waals surface area contributed by atoms with Gasteiger partial charge in [0.05, 0.1) is 5.92 Å². The molecule has 0 amide bonds. The third-order valence-electron chi connectivity index (χ3n) is 4.54. The second-order valence-electron chi connectivity index (χ2n) is 6.02. The molecule has 0 radical (unpaired) electrons. The maximum Gasteiger partial charge on any atom is 0.306 e. The van der Waals surface area contributed by atoms with E-state index in [1.54, 1.807) is 0 Å². The first-order valence-electron chi connectivity index (χ1n) is 6.00. The smallest absolute Gasteiger partial charge is 0.306 e. The Balaban J connectivity index is 2.92. The van der Waals surface area contributed by atoms with Crippen LogP contribution in [0.1, 0.15) is 47.5 Å². The monoisotopic (exact) mass is 212 g/mol. The van der Waals surface area contributed by atoms with Crippen LogP contribution >= 0.6 is 0 Å². The van der Waals surface area contributed by atoms with E-state index in [0.717, 1.165) is 6.42 Å². The van der Waals surface area contributed by atoms with Gasteiger partial charge in [-0.25, -0.2) is 0 Å². The van der Waals surface area contributed by atoms with Gasteiger partial charge in [-0.15, -0.1) is 0 Å². The molecular formula is C13H24O2. The molecule has 1 saturated carbocycles. The predicted molar refractivity (Wildman–Crippen MR) is 61.6 cm³/mol. The molecular weight excluding hydrogens is 188 g/mol. The van der Waals surface area contributed by atoms with E-state index < -0.39 is 5.97 Å². The lowest BCUT2D eigenvalue weighted by Crippen LogP contribution is -2.43. The van der Waals surface area contributed by atoms with Crippen LogP contribution in [0.5, 0.6) is 0 Å². The van der Waals surface area contributed by atoms with Gasteiger partial charge in [-0.3, -0.25) is 4.79 Å². The maximum absolute atomic E-state index is 11.1. The van der Waals surface area contributed by atoms with Gasteiger partial charge in [0.25, 0.3) is 0 Å². The summed E-state index contributed by atoms with van der Waals surface area (Å²) in [6.07, 6.45) is 2.39. The Morgan fingerprint density at radius 2 is 1.93 bits per heavy atom. The van der Waals surface area contributed by atoms with Crippen molar-refractivity contribution >= 4 is 5.97 Å². The SMILES string of the molecule is CC1CCC(C)(C)C(C(C)C(=O)O)C1C. The summed E-state index contributed by atoms with van der Waals surface area (Å²) in [6, 6.07) is 0. The Hall–Kier alpha value is -0.530. The van der Waals surface area contributed by atoms with Crippen LogP contribution in [0.15, 0.2) is 0 Å². The molecule has 2 nitrogen and oxygen atoms in total. The van der Waals surface area contributed by atoms with Gasteiger partial charge in [0, 0.05) is 0 Å². The molecule has 0 aliphatic heterocycles. The molecule has 2 heteroatoms. The first-order valence-corrected chi connectivity index (χ1v) is 6.00. The van der Waals surface area contributed by atoms with Crippen LogP contribution in [0, 0.1) is 29.1 Å². The average molecular weight is 212 g/mol. The van der Waals surface area contributed by atoms with E-state index in [0.29, 0.717) is 17.8 Å². The van der Waals surface area contributed by atoms with Crippen LogP contribution in [0.4, 0.5) is 0 Å². The van der Waals surface area contributed by atoms with Crippen LogP contribution in [-0.2, 0) is 4.79 Å². The Bertz CT molecular complexity index is 245. The van der Waals surface area contributed by atoms with E-state index in [9.17, 15) is 9.90 Å². The normalized spacial score (nSPS) is 37.3. The number of carboxylic acids is 1. The highest BCUT2D eigenvalue weighted by Gasteiger charge is 2.44. The van der Waals surface area contributed by atoms with Gasteiger partial charge in [-0.1, -0.05) is 34.6 Å². The first-order chi connectivity index (χ1) is 6.77. The summed E-state index contributed by atoms with van der Waals surface area (Å²) < 4.78 is 0. The summed E-state index contributed by atoms with van der Waals surface area (Å²) >= 11 is 0. The number of carboxylic acid groups (broad SMARTS) is 1. The fourth-order valence-corrected chi connectivity index (χ4v) is 3.38. The van der Waals surface area contributed by atoms with Crippen molar-refractivity contribution in [1.29, 1.82) is 0 Å². The van der Waals surface area contributed by atoms with Gasteiger partial charge < -0.3 is 5.11 Å². The second-order valence-corrected chi connectivity index (χ2v) is 6.02. The van der Waals surface area contributed by atoms with Gasteiger partial charge in [0.1, 0.15) is 0 Å². The van der Waals surface area contributed by atoms with E-state index in [1.165, 1.54) is 6.42 Å². The Labute approximate surface area is 93.1 Å². The molecule has 0 spiro atoms. The number of aliphatic carboxylic acids is 1. The highest BCUT2D eigenvalue weighted by molar-refractivity contribution is 5.70. The van der Waals surface area contributed by atoms with Gasteiger partial charge in [0.2, 0.25) is 0 Å². The van der Waals surface area contributed by atoms with Crippen LogP contribution in [-0.4, -0.2) is 11.1 Å². The number of hydrogen-bond donors (Lipinski definition) is 1. The maximum atomic E-state index is 11.1. The largest absolute Gasteiger partial charge is 0.481 e. The molecule has 15 heavy (non-hydrogen) atoms. The van der Waals surface area contributed by atoms with Crippen molar-refractivity contribution in [3.05, 3.63) is 0 Å². The minimum atomic E-state index is -0.644. The number of rotatable bonds is 2. The fourth-order valence-electron chi connectivity index (χ4n) is 3.38. The van der Waals surface area contributed by atoms with Gasteiger partial charge in [0.15, 0.2) is 0 Å². The molecule has 1 N–H and O–H groups in total. The molecule has 1 aliphatic carbocycles. The predicted octanol–water partition coefficient (Wildman–Crippen LogP) is 3.42. The van der Waals surface area contributed by atoms with E-state index in [1.807, 2.05) is 6.92 Å². The van der Waals surface area contributed by atoms with Gasteiger partial charge in [-0.05, 0) is 36.0 Å². The molecule has 1 rings (SSSR count). The molecule has 0 aromatic rings. The van der Waals surface area contributed by atoms with Crippen molar-refractivity contribution < 1.29 is 9.90 Å². The lowest BCUT2D eigenvalue weighted by atomic mass is 9.57. The summed E-state index contributed by atoms with van der Waals surface area (Å²) in [4.78, 5) is 11.1. The Morgan fingerprint density at radius 1 is 1.40 bits per heavy atom. The van der Waals surface area contributed by atoms with Gasteiger partial charge in [-0.2, -0.15) is 0 Å². The third kappa shape index (κ3) is 2.35. The number of carbonyl (C=O) groups is 1. The summed E-state index contributed by atoms with van der Waals surface area (Å²) in [5.74, 6) is 0.607. The van der Waals surface area contributed by atoms with Crippen molar-refractivity contribution in [3.63, 3.8) is 0 Å². The average Bonchev–Trinajstić information content (AvgIpc) is 2.11. The zero-order valence-corrected chi connectivity index (χ0v) is 10.6. The summed E-state index contributed by atoms with van der Waals surface area (Å²) in [5.41, 5.74) is 0.170. The van der Waals surface area contributed by atoms with E-state index in [4.69, 9.17) is 0 Å². The van der Waals surface area contributed by atoms with Crippen molar-refractivity contribution in [2.75, 3.05) is 0 Å². The molecule has 0 aromatic heterocycles. The second kappa shape index (κ2) is 4.15. The molecule has 88 valence electrons. The number of hydrogen-bond acceptors (Lipinski definition) is 1. The summed E-state index contributed by atoms with van der Waals surface area (Å²) in [5, 5.41) is 9.17. The van der Waals surface area contributed by atoms with Crippen LogP contribution < -0.4 is 0 Å². The standard InChI is InChI=1S/C13H24O2/c1-8-6-7-13(4,5)11(9(8)2)10(3)12(14)15/h8-11H,6-7H2,1-5H3,(H,14,15). The third-order valence-corrected chi connectivity index (χ3v) is 4.54. The molecule has 1 fully saturated rings. The topological polar surface area (TPSA) is 37.3 Å². The van der Waals surface area contributed by atoms with E-state index >= 15 is 0 Å². The minimum Gasteiger partial charge on any atom is -0.481 e. The lowest BCUT2D eigenvalue weighted by molar-refractivity contribution is -0.148. The summed E-state index contributed by atoms with van der Waals surface area (Å²) in [7, 11) is 0. The molecule has 4 atom stereocenters. The molecule has 1 aliphatic rings. The van der Waals surface area contributed by atoms with Gasteiger partial charge >= 0.3 is 5.97 Å². The molecule has 0 heterocycles. The van der Waals surface area contributed by atoms with Crippen LogP contribution in [0.3, 0.4) is 0 Å². The zero-order valence-electron chi connectivity index (χ0n) is 10.6.